The summed E-state index contributed by atoms with van der Waals surface area (Å²) < 4.78 is 55.8. The molecular formula is C25H39F3O3Si. The van der Waals surface area contributed by atoms with Crippen LogP contribution in [0.3, 0.4) is 0 Å². The molecule has 7 heteroatoms. The lowest BCUT2D eigenvalue weighted by Crippen LogP contribution is -2.63. The Morgan fingerprint density at radius 3 is 2.31 bits per heavy atom. The van der Waals surface area contributed by atoms with Gasteiger partial charge >= 0.3 is 12.1 Å². The Hall–Kier alpha value is -0.823. The highest BCUT2D eigenvalue weighted by atomic mass is 28.4. The van der Waals surface area contributed by atoms with E-state index in [0.29, 0.717) is 18.8 Å². The largest absolute Gasteiger partial charge is 0.462 e. The molecule has 0 heterocycles. The maximum absolute atomic E-state index is 14.7. The van der Waals surface area contributed by atoms with Crippen LogP contribution in [0.25, 0.3) is 0 Å². The van der Waals surface area contributed by atoms with Gasteiger partial charge in [-0.05, 0) is 87.8 Å². The summed E-state index contributed by atoms with van der Waals surface area (Å²) in [7, 11) is -2.41. The van der Waals surface area contributed by atoms with Crippen LogP contribution in [0.1, 0.15) is 72.1 Å². The van der Waals surface area contributed by atoms with Crippen molar-refractivity contribution in [1.29, 1.82) is 0 Å². The third kappa shape index (κ3) is 3.60. The van der Waals surface area contributed by atoms with Crippen LogP contribution in [0.5, 0.6) is 0 Å². The third-order valence-electron chi connectivity index (χ3n) is 9.45. The first-order valence-corrected chi connectivity index (χ1v) is 15.7. The Labute approximate surface area is 191 Å². The number of hydrogen-bond donors (Lipinski definition) is 0. The highest BCUT2D eigenvalue weighted by molar-refractivity contribution is 6.69. The van der Waals surface area contributed by atoms with Gasteiger partial charge in [-0.1, -0.05) is 25.5 Å². The molecule has 182 valence electrons. The van der Waals surface area contributed by atoms with Gasteiger partial charge < -0.3 is 9.16 Å². The number of alkyl halides is 3. The maximum Gasteiger partial charge on any atom is 0.416 e. The molecule has 0 amide bonds. The van der Waals surface area contributed by atoms with E-state index >= 15 is 0 Å². The highest BCUT2D eigenvalue weighted by Gasteiger charge is 2.74. The fraction of sp³-hybridized carbons (Fsp3) is 0.880. The van der Waals surface area contributed by atoms with E-state index in [1.165, 1.54) is 12.5 Å². The Kier molecular flexibility index (Phi) is 5.77. The van der Waals surface area contributed by atoms with E-state index in [9.17, 15) is 18.0 Å². The first-order chi connectivity index (χ1) is 14.6. The number of hydrogen-bond acceptors (Lipinski definition) is 3. The number of rotatable bonds is 3. The first-order valence-electron chi connectivity index (χ1n) is 12.3. The van der Waals surface area contributed by atoms with Crippen molar-refractivity contribution in [2.45, 2.75) is 110 Å². The molecule has 0 bridgehead atoms. The Morgan fingerprint density at radius 1 is 1.06 bits per heavy atom. The lowest BCUT2D eigenvalue weighted by atomic mass is 9.47. The van der Waals surface area contributed by atoms with Crippen molar-refractivity contribution in [3.05, 3.63) is 11.6 Å². The van der Waals surface area contributed by atoms with Crippen LogP contribution in [-0.2, 0) is 14.0 Å². The number of carbonyl (C=O) groups is 1. The molecule has 32 heavy (non-hydrogen) atoms. The monoisotopic (exact) mass is 472 g/mol. The summed E-state index contributed by atoms with van der Waals surface area (Å²) in [6.07, 6.45) is 3.32. The molecule has 4 aliphatic rings. The van der Waals surface area contributed by atoms with E-state index < -0.39 is 25.5 Å². The number of esters is 1. The Balaban J connectivity index is 1.65. The second-order valence-electron chi connectivity index (χ2n) is 12.3. The van der Waals surface area contributed by atoms with Crippen molar-refractivity contribution in [2.75, 3.05) is 0 Å². The Morgan fingerprint density at radius 2 is 1.72 bits per heavy atom. The maximum atomic E-state index is 14.7. The molecule has 0 aromatic carbocycles. The zero-order valence-electron chi connectivity index (χ0n) is 20.4. The topological polar surface area (TPSA) is 35.5 Å². The SMILES string of the molecule is CC(=O)OC1CC[C@@]2(C)C(=CC[C@@H]3[C@H]2CC[C@@]2(C)[C@H]3CCC2(O[Si](C)(C)C)C(F)(F)F)C1. The molecule has 0 aromatic rings. The average Bonchev–Trinajstić information content (AvgIpc) is 2.93. The minimum absolute atomic E-state index is 0.00398. The van der Waals surface area contributed by atoms with Crippen molar-refractivity contribution in [2.24, 2.45) is 28.6 Å². The quantitative estimate of drug-likeness (QED) is 0.251. The van der Waals surface area contributed by atoms with Gasteiger partial charge in [-0.3, -0.25) is 4.79 Å². The Bertz CT molecular complexity index is 803. The van der Waals surface area contributed by atoms with Crippen molar-refractivity contribution in [3.8, 4) is 0 Å². The van der Waals surface area contributed by atoms with Gasteiger partial charge in [0.25, 0.3) is 0 Å². The second-order valence-corrected chi connectivity index (χ2v) is 16.7. The smallest absolute Gasteiger partial charge is 0.416 e. The summed E-state index contributed by atoms with van der Waals surface area (Å²) in [4.78, 5) is 11.4. The van der Waals surface area contributed by atoms with Gasteiger partial charge in [0.15, 0.2) is 13.9 Å². The van der Waals surface area contributed by atoms with Gasteiger partial charge in [0, 0.05) is 18.8 Å². The van der Waals surface area contributed by atoms with E-state index in [0.717, 1.165) is 32.1 Å². The van der Waals surface area contributed by atoms with Crippen LogP contribution >= 0.6 is 0 Å². The average molecular weight is 473 g/mol. The molecular weight excluding hydrogens is 433 g/mol. The van der Waals surface area contributed by atoms with E-state index in [-0.39, 0.29) is 35.7 Å². The summed E-state index contributed by atoms with van der Waals surface area (Å²) in [6, 6.07) is 0. The highest BCUT2D eigenvalue weighted by Crippen LogP contribution is 2.70. The van der Waals surface area contributed by atoms with E-state index in [4.69, 9.17) is 9.16 Å². The van der Waals surface area contributed by atoms with Crippen LogP contribution < -0.4 is 0 Å². The van der Waals surface area contributed by atoms with Crippen LogP contribution in [0.15, 0.2) is 11.6 Å². The van der Waals surface area contributed by atoms with Gasteiger partial charge in [0.2, 0.25) is 0 Å². The molecule has 0 aliphatic heterocycles. The molecule has 3 fully saturated rings. The van der Waals surface area contributed by atoms with Crippen LogP contribution in [0.2, 0.25) is 19.6 Å². The molecule has 3 nitrogen and oxygen atoms in total. The zero-order chi connectivity index (χ0) is 23.7. The number of fused-ring (bicyclic) bond motifs is 5. The molecule has 2 unspecified atom stereocenters. The number of carbonyl (C=O) groups excluding carboxylic acids is 1. The second kappa shape index (κ2) is 7.59. The van der Waals surface area contributed by atoms with Crippen molar-refractivity contribution >= 4 is 14.3 Å². The van der Waals surface area contributed by atoms with Crippen LogP contribution in [0, 0.1) is 28.6 Å². The molecule has 0 saturated heterocycles. The number of halogens is 3. The van der Waals surface area contributed by atoms with E-state index in [2.05, 4.69) is 13.0 Å². The molecule has 4 rings (SSSR count). The van der Waals surface area contributed by atoms with Crippen molar-refractivity contribution in [1.82, 2.24) is 0 Å². The summed E-state index contributed by atoms with van der Waals surface area (Å²) in [5, 5.41) is 0. The first kappa shape index (κ1) is 24.3. The molecule has 0 N–H and O–H groups in total. The van der Waals surface area contributed by atoms with Crippen LogP contribution in [-0.4, -0.2) is 32.2 Å². The van der Waals surface area contributed by atoms with Gasteiger partial charge in [-0.15, -0.1) is 0 Å². The predicted octanol–water partition coefficient (Wildman–Crippen LogP) is 7.03. The molecule has 4 aliphatic carbocycles. The minimum atomic E-state index is -4.36. The van der Waals surface area contributed by atoms with Gasteiger partial charge in [0.1, 0.15) is 6.10 Å². The number of allylic oxidation sites excluding steroid dienone is 1. The lowest BCUT2D eigenvalue weighted by molar-refractivity contribution is -0.294. The summed E-state index contributed by atoms with van der Waals surface area (Å²) in [5.41, 5.74) is -1.52. The van der Waals surface area contributed by atoms with Gasteiger partial charge in [-0.2, -0.15) is 13.2 Å². The fourth-order valence-electron chi connectivity index (χ4n) is 8.17. The summed E-state index contributed by atoms with van der Waals surface area (Å²) in [6.45, 7) is 11.3. The zero-order valence-corrected chi connectivity index (χ0v) is 21.4. The van der Waals surface area contributed by atoms with Gasteiger partial charge in [0.05, 0.1) is 0 Å². The normalized spacial score (nSPS) is 44.2. The minimum Gasteiger partial charge on any atom is -0.462 e. The summed E-state index contributed by atoms with van der Waals surface area (Å²) >= 11 is 0. The third-order valence-corrected chi connectivity index (χ3v) is 10.4. The molecule has 0 radical (unpaired) electrons. The molecule has 0 aromatic heterocycles. The lowest BCUT2D eigenvalue weighted by Gasteiger charge is -2.60. The molecule has 7 atom stereocenters. The predicted molar refractivity (Wildman–Crippen MR) is 120 cm³/mol. The summed E-state index contributed by atoms with van der Waals surface area (Å²) in [5.74, 6) is 0.454. The van der Waals surface area contributed by atoms with Crippen molar-refractivity contribution < 1.29 is 27.1 Å². The fourth-order valence-corrected chi connectivity index (χ4v) is 9.67. The standard InChI is InChI=1S/C25H39F3O3Si/c1-16(29)30-18-9-12-22(2)17(15-18)7-8-19-20(22)10-13-23(3)21(19)11-14-24(23,25(26,27)28)31-32(4,5)6/h7,18-21H,8-15H2,1-6H3/t18?,19-,20-,21+,22+,23+,24?/m1/s1. The van der Waals surface area contributed by atoms with E-state index in [1.54, 1.807) is 0 Å². The number of ether oxygens (including phenoxy) is 1. The molecule has 0 spiro atoms. The van der Waals surface area contributed by atoms with Crippen molar-refractivity contribution in [3.63, 3.8) is 0 Å². The van der Waals surface area contributed by atoms with Gasteiger partial charge in [-0.25, -0.2) is 0 Å². The van der Waals surface area contributed by atoms with E-state index in [1.807, 2.05) is 26.6 Å². The molecule has 3 saturated carbocycles. The van der Waals surface area contributed by atoms with Crippen LogP contribution in [0.4, 0.5) is 13.2 Å².